The van der Waals surface area contributed by atoms with Crippen LogP contribution in [-0.2, 0) is 16.1 Å². The maximum absolute atomic E-state index is 10.5. The van der Waals surface area contributed by atoms with E-state index in [1.54, 1.807) is 0 Å². The summed E-state index contributed by atoms with van der Waals surface area (Å²) in [7, 11) is 0. The molecule has 1 aliphatic heterocycles. The van der Waals surface area contributed by atoms with Crippen molar-refractivity contribution in [2.75, 3.05) is 0 Å². The Hall–Kier alpha value is -2.44. The van der Waals surface area contributed by atoms with Gasteiger partial charge < -0.3 is 14.2 Å². The molecule has 0 N–H and O–H groups in total. The first-order valence-electron chi connectivity index (χ1n) is 6.44. The van der Waals surface area contributed by atoms with E-state index in [2.05, 4.69) is 0 Å². The Morgan fingerprint density at radius 2 is 1.76 bits per heavy atom. The average Bonchev–Trinajstić information content (AvgIpc) is 3.25. The van der Waals surface area contributed by atoms with Gasteiger partial charge in [-0.2, -0.15) is 0 Å². The molecule has 2 atom stereocenters. The zero-order chi connectivity index (χ0) is 14.7. The summed E-state index contributed by atoms with van der Waals surface area (Å²) < 4.78 is 16.3. The number of epoxide rings is 1. The highest BCUT2D eigenvalue weighted by Gasteiger charge is 2.43. The van der Waals surface area contributed by atoms with Gasteiger partial charge in [0.2, 0.25) is 6.29 Å². The number of nitro benzene ring substituents is 1. The van der Waals surface area contributed by atoms with E-state index in [0.29, 0.717) is 12.4 Å². The lowest BCUT2D eigenvalue weighted by molar-refractivity contribution is -0.384. The van der Waals surface area contributed by atoms with Crippen molar-refractivity contribution in [2.24, 2.45) is 0 Å². The molecule has 0 bridgehead atoms. The number of hydrogen-bond acceptors (Lipinski definition) is 5. The van der Waals surface area contributed by atoms with Crippen LogP contribution in [0.3, 0.4) is 0 Å². The monoisotopic (exact) mass is 287 g/mol. The molecule has 2 aromatic rings. The molecule has 0 radical (unpaired) electrons. The minimum atomic E-state index is -0.463. The summed E-state index contributed by atoms with van der Waals surface area (Å²) in [6.07, 6.45) is -0.865. The molecule has 6 nitrogen and oxygen atoms in total. The van der Waals surface area contributed by atoms with E-state index in [-0.39, 0.29) is 5.69 Å². The predicted octanol–water partition coefficient (Wildman–Crippen LogP) is 2.87. The van der Waals surface area contributed by atoms with Crippen LogP contribution >= 0.6 is 0 Å². The third kappa shape index (κ3) is 3.56. The number of nitro groups is 1. The molecule has 3 rings (SSSR count). The van der Waals surface area contributed by atoms with E-state index in [0.717, 1.165) is 5.56 Å². The van der Waals surface area contributed by atoms with Crippen molar-refractivity contribution in [1.82, 2.24) is 0 Å². The van der Waals surface area contributed by atoms with Gasteiger partial charge in [0, 0.05) is 12.1 Å². The number of hydrogen-bond donors (Lipinski definition) is 0. The van der Waals surface area contributed by atoms with Crippen molar-refractivity contribution in [3.63, 3.8) is 0 Å². The molecule has 1 fully saturated rings. The molecule has 6 heteroatoms. The van der Waals surface area contributed by atoms with Crippen molar-refractivity contribution in [3.05, 3.63) is 70.3 Å². The van der Waals surface area contributed by atoms with Gasteiger partial charge in [0.25, 0.3) is 12.0 Å². The van der Waals surface area contributed by atoms with E-state index in [1.807, 2.05) is 30.3 Å². The highest BCUT2D eigenvalue weighted by Crippen LogP contribution is 2.28. The summed E-state index contributed by atoms with van der Waals surface area (Å²) in [6.45, 7) is 0.450. The van der Waals surface area contributed by atoms with Crippen LogP contribution in [0.5, 0.6) is 5.75 Å². The first-order chi connectivity index (χ1) is 10.2. The molecule has 0 aliphatic carbocycles. The SMILES string of the molecule is O=[N+]([O-])c1ccc(O[C@H]2O[C@@H]2OCc2ccccc2)cc1. The second-order valence-electron chi connectivity index (χ2n) is 4.54. The van der Waals surface area contributed by atoms with Crippen LogP contribution in [0.15, 0.2) is 54.6 Å². The second-order valence-corrected chi connectivity index (χ2v) is 4.54. The van der Waals surface area contributed by atoms with Gasteiger partial charge in [-0.1, -0.05) is 30.3 Å². The Morgan fingerprint density at radius 3 is 2.43 bits per heavy atom. The fourth-order valence-corrected chi connectivity index (χ4v) is 1.82. The molecule has 1 aliphatic rings. The molecule has 0 unspecified atom stereocenters. The number of rotatable bonds is 6. The third-order valence-corrected chi connectivity index (χ3v) is 2.97. The van der Waals surface area contributed by atoms with E-state index in [9.17, 15) is 10.1 Å². The largest absolute Gasteiger partial charge is 0.459 e. The van der Waals surface area contributed by atoms with Gasteiger partial charge in [0.05, 0.1) is 11.5 Å². The van der Waals surface area contributed by atoms with Crippen molar-refractivity contribution < 1.29 is 19.1 Å². The quantitative estimate of drug-likeness (QED) is 0.464. The maximum atomic E-state index is 10.5. The minimum absolute atomic E-state index is 0.0240. The summed E-state index contributed by atoms with van der Waals surface area (Å²) in [5, 5.41) is 10.5. The van der Waals surface area contributed by atoms with Crippen LogP contribution in [0.25, 0.3) is 0 Å². The highest BCUT2D eigenvalue weighted by molar-refractivity contribution is 5.36. The molecule has 1 heterocycles. The Balaban J connectivity index is 1.46. The van der Waals surface area contributed by atoms with Gasteiger partial charge in [0.1, 0.15) is 5.75 Å². The van der Waals surface area contributed by atoms with E-state index in [1.165, 1.54) is 24.3 Å². The summed E-state index contributed by atoms with van der Waals surface area (Å²) in [5.74, 6) is 0.511. The third-order valence-electron chi connectivity index (χ3n) is 2.97. The van der Waals surface area contributed by atoms with Crippen LogP contribution in [0.4, 0.5) is 5.69 Å². The predicted molar refractivity (Wildman–Crippen MR) is 73.6 cm³/mol. The Labute approximate surface area is 121 Å². The molecule has 0 saturated carbocycles. The molecule has 108 valence electrons. The van der Waals surface area contributed by atoms with Crippen LogP contribution in [0.1, 0.15) is 5.56 Å². The maximum Gasteiger partial charge on any atom is 0.269 e. The smallest absolute Gasteiger partial charge is 0.269 e. The van der Waals surface area contributed by atoms with E-state index < -0.39 is 17.5 Å². The highest BCUT2D eigenvalue weighted by atomic mass is 16.9. The van der Waals surface area contributed by atoms with Crippen molar-refractivity contribution in [3.8, 4) is 5.75 Å². The Kier molecular flexibility index (Phi) is 3.81. The number of nitrogens with zero attached hydrogens (tertiary/aromatic N) is 1. The van der Waals surface area contributed by atoms with Gasteiger partial charge >= 0.3 is 0 Å². The zero-order valence-electron chi connectivity index (χ0n) is 11.0. The molecule has 21 heavy (non-hydrogen) atoms. The topological polar surface area (TPSA) is 74.1 Å². The Morgan fingerprint density at radius 1 is 1.05 bits per heavy atom. The van der Waals surface area contributed by atoms with Crippen LogP contribution in [0, 0.1) is 10.1 Å². The lowest BCUT2D eigenvalue weighted by atomic mass is 10.2. The molecule has 1 saturated heterocycles. The zero-order valence-corrected chi connectivity index (χ0v) is 11.0. The average molecular weight is 287 g/mol. The molecule has 0 spiro atoms. The summed E-state index contributed by atoms with van der Waals surface area (Å²) in [5.41, 5.74) is 1.08. The fourth-order valence-electron chi connectivity index (χ4n) is 1.82. The molecule has 0 aromatic heterocycles. The standard InChI is InChI=1S/C15H13NO5/c17-16(18)12-6-8-13(9-7-12)20-15-14(21-15)19-10-11-4-2-1-3-5-11/h1-9,14-15H,10H2/t14-,15-/m0/s1. The lowest BCUT2D eigenvalue weighted by Crippen LogP contribution is -2.06. The minimum Gasteiger partial charge on any atom is -0.459 e. The van der Waals surface area contributed by atoms with Crippen LogP contribution < -0.4 is 4.74 Å². The first-order valence-corrected chi connectivity index (χ1v) is 6.44. The molecule has 0 amide bonds. The van der Waals surface area contributed by atoms with Gasteiger partial charge in [-0.05, 0) is 17.7 Å². The van der Waals surface area contributed by atoms with Gasteiger partial charge in [-0.3, -0.25) is 10.1 Å². The first kappa shape index (κ1) is 13.5. The van der Waals surface area contributed by atoms with Gasteiger partial charge in [-0.15, -0.1) is 0 Å². The summed E-state index contributed by atoms with van der Waals surface area (Å²) >= 11 is 0. The van der Waals surface area contributed by atoms with Gasteiger partial charge in [-0.25, -0.2) is 0 Å². The fraction of sp³-hybridized carbons (Fsp3) is 0.200. The number of ether oxygens (including phenoxy) is 3. The molecular formula is C15H13NO5. The molecule has 2 aromatic carbocycles. The second kappa shape index (κ2) is 5.90. The van der Waals surface area contributed by atoms with Crippen molar-refractivity contribution in [2.45, 2.75) is 19.2 Å². The number of benzene rings is 2. The van der Waals surface area contributed by atoms with E-state index >= 15 is 0 Å². The normalized spacial score (nSPS) is 20.0. The summed E-state index contributed by atoms with van der Waals surface area (Å²) in [6, 6.07) is 15.6. The van der Waals surface area contributed by atoms with Crippen LogP contribution in [-0.4, -0.2) is 17.5 Å². The van der Waals surface area contributed by atoms with Crippen molar-refractivity contribution >= 4 is 5.69 Å². The number of non-ortho nitro benzene ring substituents is 1. The van der Waals surface area contributed by atoms with Crippen LogP contribution in [0.2, 0.25) is 0 Å². The van der Waals surface area contributed by atoms with E-state index in [4.69, 9.17) is 14.2 Å². The Bertz CT molecular complexity index is 614. The summed E-state index contributed by atoms with van der Waals surface area (Å²) in [4.78, 5) is 10.1. The molecular weight excluding hydrogens is 274 g/mol. The lowest BCUT2D eigenvalue weighted by Gasteiger charge is -2.03. The van der Waals surface area contributed by atoms with Crippen molar-refractivity contribution in [1.29, 1.82) is 0 Å². The van der Waals surface area contributed by atoms with Gasteiger partial charge in [0.15, 0.2) is 0 Å².